The van der Waals surface area contributed by atoms with Gasteiger partial charge in [0.05, 0.1) is 18.6 Å². The Balaban J connectivity index is 2.08. The van der Waals surface area contributed by atoms with Gasteiger partial charge in [0, 0.05) is 13.3 Å². The van der Waals surface area contributed by atoms with Gasteiger partial charge in [-0.05, 0) is 36.5 Å². The smallest absolute Gasteiger partial charge is 0.0920 e. The van der Waals surface area contributed by atoms with Crippen LogP contribution >= 0.6 is 11.8 Å². The molecule has 19 heavy (non-hydrogen) atoms. The molecular weight excluding hydrogens is 254 g/mol. The van der Waals surface area contributed by atoms with Gasteiger partial charge in [0.25, 0.3) is 0 Å². The molecular formula is C16H21NOS. The summed E-state index contributed by atoms with van der Waals surface area (Å²) in [6, 6.07) is 9.22. The van der Waals surface area contributed by atoms with Crippen LogP contribution in [0.15, 0.2) is 29.2 Å². The molecule has 2 rings (SSSR count). The van der Waals surface area contributed by atoms with E-state index in [1.54, 1.807) is 12.1 Å². The third-order valence-electron chi connectivity index (χ3n) is 3.48. The van der Waals surface area contributed by atoms with Crippen molar-refractivity contribution >= 4 is 11.8 Å². The number of rotatable bonds is 5. The second-order valence-corrected chi connectivity index (χ2v) is 5.92. The molecule has 0 saturated heterocycles. The summed E-state index contributed by atoms with van der Waals surface area (Å²) in [5, 5.41) is 18.5. The van der Waals surface area contributed by atoms with E-state index in [-0.39, 0.29) is 12.3 Å². The summed E-state index contributed by atoms with van der Waals surface area (Å²) < 4.78 is 16.7. The number of nitrogens with zero attached hydrogens (tertiary/aromatic N) is 1. The maximum atomic E-state index is 9.87. The summed E-state index contributed by atoms with van der Waals surface area (Å²) in [5.74, 6) is 0.101. The van der Waals surface area contributed by atoms with Crippen LogP contribution in [0.2, 0.25) is 0 Å². The Morgan fingerprint density at radius 3 is 2.95 bits per heavy atom. The average molecular weight is 277 g/mol. The van der Waals surface area contributed by atoms with Gasteiger partial charge < -0.3 is 5.11 Å². The monoisotopic (exact) mass is 277 g/mol. The van der Waals surface area contributed by atoms with Gasteiger partial charge in [0.1, 0.15) is 0 Å². The standard InChI is InChI=1S/C16H21NOS/c17-10-9-16(18)14-7-4-8-15(11-14)19-12-13-5-2-1-3-6-13/h4,7-8,11,13,16,18H,1-3,5-6,9,12H2/i12D2. The highest BCUT2D eigenvalue weighted by molar-refractivity contribution is 7.99. The van der Waals surface area contributed by atoms with Gasteiger partial charge in [-0.3, -0.25) is 0 Å². The van der Waals surface area contributed by atoms with E-state index in [1.165, 1.54) is 18.2 Å². The summed E-state index contributed by atoms with van der Waals surface area (Å²) in [4.78, 5) is 0.820. The highest BCUT2D eigenvalue weighted by atomic mass is 32.2. The molecule has 0 heterocycles. The van der Waals surface area contributed by atoms with Gasteiger partial charge in [-0.15, -0.1) is 11.8 Å². The summed E-state index contributed by atoms with van der Waals surface area (Å²) in [7, 11) is 0. The van der Waals surface area contributed by atoms with Crippen LogP contribution in [0.25, 0.3) is 0 Å². The number of hydrogen-bond donors (Lipinski definition) is 1. The summed E-state index contributed by atoms with van der Waals surface area (Å²) in [5.41, 5.74) is -0.597. The van der Waals surface area contributed by atoms with Crippen LogP contribution in [-0.4, -0.2) is 10.8 Å². The highest BCUT2D eigenvalue weighted by Gasteiger charge is 2.14. The topological polar surface area (TPSA) is 44.0 Å². The molecule has 102 valence electrons. The summed E-state index contributed by atoms with van der Waals surface area (Å²) in [6.07, 6.45) is 4.62. The zero-order valence-corrected chi connectivity index (χ0v) is 11.8. The van der Waals surface area contributed by atoms with E-state index in [0.29, 0.717) is 5.56 Å². The van der Waals surface area contributed by atoms with E-state index in [9.17, 15) is 5.11 Å². The van der Waals surface area contributed by atoms with Crippen molar-refractivity contribution in [3.05, 3.63) is 29.8 Å². The van der Waals surface area contributed by atoms with Crippen LogP contribution in [0.5, 0.6) is 0 Å². The van der Waals surface area contributed by atoms with Crippen molar-refractivity contribution in [3.63, 3.8) is 0 Å². The van der Waals surface area contributed by atoms with Crippen molar-refractivity contribution in [1.29, 1.82) is 5.26 Å². The van der Waals surface area contributed by atoms with Crippen molar-refractivity contribution in [2.45, 2.75) is 49.5 Å². The fourth-order valence-corrected chi connectivity index (χ4v) is 3.24. The summed E-state index contributed by atoms with van der Waals surface area (Å²) >= 11 is 1.24. The molecule has 0 aromatic heterocycles. The third kappa shape index (κ3) is 4.56. The normalized spacial score (nSPS) is 20.2. The minimum absolute atomic E-state index is 0.0592. The fourth-order valence-electron chi connectivity index (χ4n) is 2.36. The van der Waals surface area contributed by atoms with Gasteiger partial charge >= 0.3 is 0 Å². The van der Waals surface area contributed by atoms with E-state index in [1.807, 2.05) is 18.2 Å². The quantitative estimate of drug-likeness (QED) is 0.816. The van der Waals surface area contributed by atoms with E-state index >= 15 is 0 Å². The maximum Gasteiger partial charge on any atom is 0.0920 e. The first-order valence-electron chi connectivity index (χ1n) is 7.87. The molecule has 0 amide bonds. The molecule has 1 atom stereocenters. The Hall–Kier alpha value is -0.980. The number of benzene rings is 1. The molecule has 1 aliphatic rings. The van der Waals surface area contributed by atoms with E-state index in [4.69, 9.17) is 8.00 Å². The van der Waals surface area contributed by atoms with Gasteiger partial charge in [0.15, 0.2) is 0 Å². The zero-order valence-electron chi connectivity index (χ0n) is 13.0. The van der Waals surface area contributed by atoms with Crippen molar-refractivity contribution in [3.8, 4) is 6.07 Å². The SMILES string of the molecule is [2H]C([2H])(Sc1cccc(C(O)CC#N)c1)C1CCCCC1. The van der Waals surface area contributed by atoms with E-state index in [0.717, 1.165) is 30.6 Å². The second-order valence-electron chi connectivity index (χ2n) is 5.01. The average Bonchev–Trinajstić information content (AvgIpc) is 2.48. The minimum atomic E-state index is -1.28. The van der Waals surface area contributed by atoms with Gasteiger partial charge in [0.2, 0.25) is 0 Å². The molecule has 3 heteroatoms. The Kier molecular flexibility index (Phi) is 4.71. The molecule has 1 aromatic carbocycles. The molecule has 2 nitrogen and oxygen atoms in total. The van der Waals surface area contributed by atoms with Crippen LogP contribution in [0.1, 0.15) is 52.9 Å². The van der Waals surface area contributed by atoms with Gasteiger partial charge in [-0.1, -0.05) is 31.4 Å². The number of hydrogen-bond acceptors (Lipinski definition) is 3. The number of nitriles is 1. The molecule has 1 aromatic rings. The molecule has 0 bridgehead atoms. The van der Waals surface area contributed by atoms with Crippen LogP contribution < -0.4 is 0 Å². The molecule has 1 fully saturated rings. The second kappa shape index (κ2) is 7.57. The van der Waals surface area contributed by atoms with Crippen molar-refractivity contribution in [2.24, 2.45) is 5.92 Å². The lowest BCUT2D eigenvalue weighted by Gasteiger charge is -2.21. The Morgan fingerprint density at radius 2 is 2.21 bits per heavy atom. The molecule has 1 aliphatic carbocycles. The first-order chi connectivity index (χ1) is 10.0. The number of thioether (sulfide) groups is 1. The lowest BCUT2D eigenvalue weighted by atomic mass is 9.91. The number of aliphatic hydroxyl groups is 1. The molecule has 0 spiro atoms. The molecule has 0 radical (unpaired) electrons. The van der Waals surface area contributed by atoms with Crippen LogP contribution in [0, 0.1) is 17.2 Å². The predicted molar refractivity (Wildman–Crippen MR) is 78.9 cm³/mol. The van der Waals surface area contributed by atoms with Crippen molar-refractivity contribution < 1.29 is 7.85 Å². The van der Waals surface area contributed by atoms with Crippen LogP contribution in [0.4, 0.5) is 0 Å². The molecule has 1 unspecified atom stereocenters. The van der Waals surface area contributed by atoms with E-state index in [2.05, 4.69) is 0 Å². The van der Waals surface area contributed by atoms with E-state index < -0.39 is 11.8 Å². The predicted octanol–water partition coefficient (Wildman–Crippen LogP) is 4.31. The Morgan fingerprint density at radius 1 is 1.42 bits per heavy atom. The largest absolute Gasteiger partial charge is 0.387 e. The minimum Gasteiger partial charge on any atom is -0.387 e. The first kappa shape index (κ1) is 11.8. The third-order valence-corrected chi connectivity index (χ3v) is 4.42. The maximum absolute atomic E-state index is 9.87. The molecule has 1 N–H and O–H groups in total. The summed E-state index contributed by atoms with van der Waals surface area (Å²) in [6.45, 7) is 0. The Bertz CT molecular complexity index is 509. The number of aliphatic hydroxyl groups excluding tert-OH is 1. The van der Waals surface area contributed by atoms with Crippen LogP contribution in [0.3, 0.4) is 0 Å². The van der Waals surface area contributed by atoms with Crippen molar-refractivity contribution in [1.82, 2.24) is 0 Å². The fraction of sp³-hybridized carbons (Fsp3) is 0.562. The zero-order chi connectivity index (χ0) is 15.3. The molecule has 1 saturated carbocycles. The lowest BCUT2D eigenvalue weighted by molar-refractivity contribution is 0.183. The lowest BCUT2D eigenvalue weighted by Crippen LogP contribution is -2.08. The molecule has 0 aliphatic heterocycles. The van der Waals surface area contributed by atoms with Crippen LogP contribution in [-0.2, 0) is 0 Å². The van der Waals surface area contributed by atoms with Gasteiger partial charge in [-0.2, -0.15) is 5.26 Å². The Labute approximate surface area is 122 Å². The first-order valence-corrected chi connectivity index (χ1v) is 7.68. The van der Waals surface area contributed by atoms with Gasteiger partial charge in [-0.25, -0.2) is 0 Å². The highest BCUT2D eigenvalue weighted by Crippen LogP contribution is 2.31. The van der Waals surface area contributed by atoms with Crippen molar-refractivity contribution in [2.75, 3.05) is 5.70 Å².